The minimum absolute atomic E-state index is 0.194. The third kappa shape index (κ3) is 2.22. The molecule has 21 heavy (non-hydrogen) atoms. The van der Waals surface area contributed by atoms with Crippen LogP contribution in [0.4, 0.5) is 5.69 Å². The van der Waals surface area contributed by atoms with E-state index in [0.29, 0.717) is 10.6 Å². The standard InChI is InChI=1S/C17H19N3S/c1-2-17(7-3-4-8-17)16-14(12-6-5-9-20-11-12)15(19)13(10-18)21-16/h5-6,9,11H,2-4,7-8,19H2,1H3. The molecule has 2 aromatic heterocycles. The number of aromatic nitrogens is 1. The highest BCUT2D eigenvalue weighted by Gasteiger charge is 2.38. The monoisotopic (exact) mass is 297 g/mol. The third-order valence-electron chi connectivity index (χ3n) is 4.72. The molecule has 1 aliphatic carbocycles. The summed E-state index contributed by atoms with van der Waals surface area (Å²) < 4.78 is 0. The maximum absolute atomic E-state index is 9.37. The Hall–Kier alpha value is -1.86. The second kappa shape index (κ2) is 5.50. The molecule has 0 spiro atoms. The molecule has 0 radical (unpaired) electrons. The second-order valence-corrected chi connectivity index (χ2v) is 6.76. The lowest BCUT2D eigenvalue weighted by Crippen LogP contribution is -2.20. The summed E-state index contributed by atoms with van der Waals surface area (Å²) in [6, 6.07) is 6.23. The Kier molecular flexibility index (Phi) is 3.69. The van der Waals surface area contributed by atoms with Crippen molar-refractivity contribution in [2.24, 2.45) is 0 Å². The maximum Gasteiger partial charge on any atom is 0.128 e. The van der Waals surface area contributed by atoms with Gasteiger partial charge in [-0.3, -0.25) is 4.98 Å². The lowest BCUT2D eigenvalue weighted by Gasteiger charge is -2.28. The molecule has 108 valence electrons. The van der Waals surface area contributed by atoms with Crippen molar-refractivity contribution < 1.29 is 0 Å². The molecule has 0 atom stereocenters. The van der Waals surface area contributed by atoms with E-state index in [0.717, 1.165) is 17.5 Å². The number of pyridine rings is 1. The van der Waals surface area contributed by atoms with Crippen molar-refractivity contribution in [1.82, 2.24) is 4.98 Å². The molecule has 0 bridgehead atoms. The largest absolute Gasteiger partial charge is 0.396 e. The van der Waals surface area contributed by atoms with Gasteiger partial charge in [-0.1, -0.05) is 25.8 Å². The van der Waals surface area contributed by atoms with Crippen molar-refractivity contribution in [1.29, 1.82) is 5.26 Å². The summed E-state index contributed by atoms with van der Waals surface area (Å²) in [4.78, 5) is 6.16. The van der Waals surface area contributed by atoms with Crippen LogP contribution in [-0.4, -0.2) is 4.98 Å². The minimum atomic E-state index is 0.194. The summed E-state index contributed by atoms with van der Waals surface area (Å²) in [6.07, 6.45) is 9.64. The van der Waals surface area contributed by atoms with Crippen LogP contribution < -0.4 is 5.73 Å². The summed E-state index contributed by atoms with van der Waals surface area (Å²) in [5, 5.41) is 9.37. The molecule has 3 nitrogen and oxygen atoms in total. The van der Waals surface area contributed by atoms with E-state index in [1.54, 1.807) is 17.5 Å². The van der Waals surface area contributed by atoms with Crippen LogP contribution in [-0.2, 0) is 5.41 Å². The number of nitrogen functional groups attached to an aromatic ring is 1. The van der Waals surface area contributed by atoms with Crippen molar-refractivity contribution in [2.75, 3.05) is 5.73 Å². The van der Waals surface area contributed by atoms with Crippen LogP contribution in [0.25, 0.3) is 11.1 Å². The third-order valence-corrected chi connectivity index (χ3v) is 6.07. The summed E-state index contributed by atoms with van der Waals surface area (Å²) in [6.45, 7) is 2.25. The molecule has 0 unspecified atom stereocenters. The Labute approximate surface area is 129 Å². The fraction of sp³-hybridized carbons (Fsp3) is 0.412. The minimum Gasteiger partial charge on any atom is -0.396 e. The molecule has 0 amide bonds. The van der Waals surface area contributed by atoms with Gasteiger partial charge >= 0.3 is 0 Å². The molecule has 1 aliphatic rings. The molecular formula is C17H19N3S. The van der Waals surface area contributed by atoms with Gasteiger partial charge in [0.25, 0.3) is 0 Å². The van der Waals surface area contributed by atoms with Gasteiger partial charge in [0.1, 0.15) is 10.9 Å². The number of nitrogens with zero attached hydrogens (tertiary/aromatic N) is 2. The number of rotatable bonds is 3. The molecule has 0 aliphatic heterocycles. The number of hydrogen-bond donors (Lipinski definition) is 1. The van der Waals surface area contributed by atoms with E-state index >= 15 is 0 Å². The van der Waals surface area contributed by atoms with E-state index in [1.165, 1.54) is 30.6 Å². The average molecular weight is 297 g/mol. The predicted octanol–water partition coefficient (Wildman–Crippen LogP) is 4.49. The van der Waals surface area contributed by atoms with Crippen LogP contribution in [0.15, 0.2) is 24.5 Å². The predicted molar refractivity (Wildman–Crippen MR) is 87.1 cm³/mol. The van der Waals surface area contributed by atoms with Gasteiger partial charge < -0.3 is 5.73 Å². The van der Waals surface area contributed by atoms with Crippen LogP contribution >= 0.6 is 11.3 Å². The number of anilines is 1. The van der Waals surface area contributed by atoms with Crippen molar-refractivity contribution in [3.63, 3.8) is 0 Å². The summed E-state index contributed by atoms with van der Waals surface area (Å²) in [7, 11) is 0. The highest BCUT2D eigenvalue weighted by Crippen LogP contribution is 2.52. The molecular weight excluding hydrogens is 278 g/mol. The first-order chi connectivity index (χ1) is 10.2. The van der Waals surface area contributed by atoms with Crippen molar-refractivity contribution in [3.8, 4) is 17.2 Å². The van der Waals surface area contributed by atoms with Crippen LogP contribution in [0, 0.1) is 11.3 Å². The van der Waals surface area contributed by atoms with Gasteiger partial charge in [-0.25, -0.2) is 0 Å². The number of nitriles is 1. The van der Waals surface area contributed by atoms with Crippen LogP contribution in [0.5, 0.6) is 0 Å². The van der Waals surface area contributed by atoms with Crippen LogP contribution in [0.1, 0.15) is 48.8 Å². The Morgan fingerprint density at radius 1 is 1.43 bits per heavy atom. The van der Waals surface area contributed by atoms with Gasteiger partial charge in [0.2, 0.25) is 0 Å². The molecule has 2 aromatic rings. The van der Waals surface area contributed by atoms with E-state index in [4.69, 9.17) is 5.73 Å². The van der Waals surface area contributed by atoms with Gasteiger partial charge in [-0.15, -0.1) is 11.3 Å². The zero-order valence-corrected chi connectivity index (χ0v) is 13.0. The Balaban J connectivity index is 2.24. The van der Waals surface area contributed by atoms with Crippen LogP contribution in [0.3, 0.4) is 0 Å². The highest BCUT2D eigenvalue weighted by atomic mass is 32.1. The fourth-order valence-corrected chi connectivity index (χ4v) is 4.85. The topological polar surface area (TPSA) is 62.7 Å². The first-order valence-corrected chi connectivity index (χ1v) is 8.27. The molecule has 4 heteroatoms. The molecule has 0 aromatic carbocycles. The van der Waals surface area contributed by atoms with Gasteiger partial charge in [0.15, 0.2) is 0 Å². The average Bonchev–Trinajstić information content (AvgIpc) is 3.13. The number of hydrogen-bond acceptors (Lipinski definition) is 4. The fourth-order valence-electron chi connectivity index (χ4n) is 3.49. The van der Waals surface area contributed by atoms with Crippen LogP contribution in [0.2, 0.25) is 0 Å². The summed E-state index contributed by atoms with van der Waals surface area (Å²) in [5.41, 5.74) is 9.19. The maximum atomic E-state index is 9.37. The smallest absolute Gasteiger partial charge is 0.128 e. The zero-order chi connectivity index (χ0) is 14.9. The summed E-state index contributed by atoms with van der Waals surface area (Å²) in [5.74, 6) is 0. The number of thiophene rings is 1. The van der Waals surface area contributed by atoms with Gasteiger partial charge in [0, 0.05) is 33.8 Å². The van der Waals surface area contributed by atoms with Gasteiger partial charge in [-0.05, 0) is 25.3 Å². The quantitative estimate of drug-likeness (QED) is 0.908. The molecule has 2 N–H and O–H groups in total. The zero-order valence-electron chi connectivity index (χ0n) is 12.2. The van der Waals surface area contributed by atoms with Crippen molar-refractivity contribution in [2.45, 2.75) is 44.4 Å². The Morgan fingerprint density at radius 3 is 2.76 bits per heavy atom. The first kappa shape index (κ1) is 14.1. The van der Waals surface area contributed by atoms with E-state index in [2.05, 4.69) is 18.0 Å². The van der Waals surface area contributed by atoms with Gasteiger partial charge in [0.05, 0.1) is 5.69 Å². The number of nitrogens with two attached hydrogens (primary N) is 1. The molecule has 1 saturated carbocycles. The lowest BCUT2D eigenvalue weighted by molar-refractivity contribution is 0.435. The first-order valence-electron chi connectivity index (χ1n) is 7.45. The van der Waals surface area contributed by atoms with Crippen molar-refractivity contribution >= 4 is 17.0 Å². The van der Waals surface area contributed by atoms with Gasteiger partial charge in [-0.2, -0.15) is 5.26 Å². The SMILES string of the molecule is CCC1(c2sc(C#N)c(N)c2-c2cccnc2)CCCC1. The lowest BCUT2D eigenvalue weighted by atomic mass is 9.79. The Morgan fingerprint density at radius 2 is 2.19 bits per heavy atom. The molecule has 2 heterocycles. The highest BCUT2D eigenvalue weighted by molar-refractivity contribution is 7.14. The molecule has 3 rings (SSSR count). The van der Waals surface area contributed by atoms with E-state index in [-0.39, 0.29) is 5.41 Å². The summed E-state index contributed by atoms with van der Waals surface area (Å²) >= 11 is 1.59. The van der Waals surface area contributed by atoms with Crippen molar-refractivity contribution in [3.05, 3.63) is 34.3 Å². The molecule has 0 saturated heterocycles. The normalized spacial score (nSPS) is 16.8. The van der Waals surface area contributed by atoms with E-state index in [9.17, 15) is 5.26 Å². The van der Waals surface area contributed by atoms with E-state index in [1.807, 2.05) is 18.3 Å². The second-order valence-electron chi connectivity index (χ2n) is 5.74. The van der Waals surface area contributed by atoms with E-state index < -0.39 is 0 Å². The Bertz CT molecular complexity index is 676. The molecule has 1 fully saturated rings.